The Bertz CT molecular complexity index is 834. The smallest absolute Gasteiger partial charge is 0.258 e. The molecule has 1 amide bonds. The van der Waals surface area contributed by atoms with Gasteiger partial charge in [-0.2, -0.15) is 0 Å². The fourth-order valence-electron chi connectivity index (χ4n) is 2.11. The fourth-order valence-corrected chi connectivity index (χ4v) is 2.29. The molecule has 23 heavy (non-hydrogen) atoms. The molecule has 1 aromatic heterocycles. The average molecular weight is 331 g/mol. The summed E-state index contributed by atoms with van der Waals surface area (Å²) in [6.45, 7) is 0. The summed E-state index contributed by atoms with van der Waals surface area (Å²) >= 11 is 5.76. The Morgan fingerprint density at radius 3 is 2.39 bits per heavy atom. The van der Waals surface area contributed by atoms with E-state index in [1.807, 2.05) is 0 Å². The van der Waals surface area contributed by atoms with E-state index in [1.165, 1.54) is 23.1 Å². The number of halogens is 2. The number of amides is 1. The standard InChI is InChI=1S/C16H12ClFN4O/c1-21(13-6-7-15(18)14(17)8-13)16(23)11-2-4-12(5-3-11)22-9-19-20-10-22/h2-10H,1H3. The van der Waals surface area contributed by atoms with Crippen LogP contribution in [0.15, 0.2) is 55.1 Å². The molecule has 0 fully saturated rings. The van der Waals surface area contributed by atoms with Crippen LogP contribution in [0.3, 0.4) is 0 Å². The number of aromatic nitrogens is 3. The third-order valence-electron chi connectivity index (χ3n) is 3.43. The lowest BCUT2D eigenvalue weighted by Gasteiger charge is -2.18. The minimum Gasteiger partial charge on any atom is -0.311 e. The molecule has 1 heterocycles. The molecular formula is C16H12ClFN4O. The molecule has 0 aliphatic rings. The minimum absolute atomic E-state index is 0.0231. The van der Waals surface area contributed by atoms with Gasteiger partial charge < -0.3 is 4.90 Å². The molecule has 0 saturated heterocycles. The molecule has 2 aromatic carbocycles. The van der Waals surface area contributed by atoms with Crippen LogP contribution < -0.4 is 4.90 Å². The van der Waals surface area contributed by atoms with E-state index >= 15 is 0 Å². The molecule has 0 unspecified atom stereocenters. The molecular weight excluding hydrogens is 319 g/mol. The van der Waals surface area contributed by atoms with Gasteiger partial charge in [-0.3, -0.25) is 9.36 Å². The summed E-state index contributed by atoms with van der Waals surface area (Å²) in [5, 5.41) is 7.44. The second kappa shape index (κ2) is 6.18. The molecule has 0 aliphatic heterocycles. The monoisotopic (exact) mass is 330 g/mol. The van der Waals surface area contributed by atoms with E-state index in [9.17, 15) is 9.18 Å². The molecule has 0 N–H and O–H groups in total. The Labute approximate surface area is 136 Å². The zero-order valence-corrected chi connectivity index (χ0v) is 12.9. The van der Waals surface area contributed by atoms with Crippen molar-refractivity contribution >= 4 is 23.2 Å². The molecule has 0 spiro atoms. The van der Waals surface area contributed by atoms with Crippen molar-refractivity contribution in [2.75, 3.05) is 11.9 Å². The quantitative estimate of drug-likeness (QED) is 0.740. The Morgan fingerprint density at radius 2 is 1.78 bits per heavy atom. The molecule has 0 bridgehead atoms. The molecule has 0 saturated carbocycles. The second-order valence-corrected chi connectivity index (χ2v) is 5.29. The summed E-state index contributed by atoms with van der Waals surface area (Å²) in [7, 11) is 1.61. The van der Waals surface area contributed by atoms with Crippen LogP contribution in [0, 0.1) is 5.82 Å². The van der Waals surface area contributed by atoms with Gasteiger partial charge in [0.15, 0.2) is 0 Å². The Morgan fingerprint density at radius 1 is 1.13 bits per heavy atom. The first kappa shape index (κ1) is 15.2. The minimum atomic E-state index is -0.519. The Hall–Kier alpha value is -2.73. The molecule has 3 rings (SSSR count). The summed E-state index contributed by atoms with van der Waals surface area (Å²) in [6.07, 6.45) is 3.15. The third-order valence-corrected chi connectivity index (χ3v) is 3.72. The third kappa shape index (κ3) is 3.07. The number of carbonyl (C=O) groups excluding carboxylic acids is 1. The molecule has 5 nitrogen and oxygen atoms in total. The van der Waals surface area contributed by atoms with Gasteiger partial charge in [-0.1, -0.05) is 11.6 Å². The molecule has 3 aromatic rings. The fraction of sp³-hybridized carbons (Fsp3) is 0.0625. The summed E-state index contributed by atoms with van der Waals surface area (Å²) < 4.78 is 15.0. The van der Waals surface area contributed by atoms with Crippen molar-refractivity contribution in [3.05, 3.63) is 71.5 Å². The number of nitrogens with zero attached hydrogens (tertiary/aromatic N) is 4. The van der Waals surface area contributed by atoms with E-state index in [-0.39, 0.29) is 10.9 Å². The number of benzene rings is 2. The molecule has 116 valence electrons. The van der Waals surface area contributed by atoms with Crippen LogP contribution in [0.2, 0.25) is 5.02 Å². The van der Waals surface area contributed by atoms with Crippen molar-refractivity contribution in [3.8, 4) is 5.69 Å². The lowest BCUT2D eigenvalue weighted by molar-refractivity contribution is 0.0993. The molecule has 0 radical (unpaired) electrons. The lowest BCUT2D eigenvalue weighted by atomic mass is 10.1. The zero-order chi connectivity index (χ0) is 16.4. The maximum atomic E-state index is 13.2. The molecule has 0 aliphatic carbocycles. The first-order valence-electron chi connectivity index (χ1n) is 6.74. The van der Waals surface area contributed by atoms with Gasteiger partial charge in [0.25, 0.3) is 5.91 Å². The topological polar surface area (TPSA) is 51.0 Å². The van der Waals surface area contributed by atoms with Crippen molar-refractivity contribution < 1.29 is 9.18 Å². The highest BCUT2D eigenvalue weighted by Gasteiger charge is 2.15. The Kier molecular flexibility index (Phi) is 4.08. The number of hydrogen-bond acceptors (Lipinski definition) is 3. The first-order chi connectivity index (χ1) is 11.1. The number of hydrogen-bond donors (Lipinski definition) is 0. The van der Waals surface area contributed by atoms with Crippen LogP contribution in [0.1, 0.15) is 10.4 Å². The van der Waals surface area contributed by atoms with Crippen molar-refractivity contribution in [2.45, 2.75) is 0 Å². The van der Waals surface area contributed by atoms with Crippen LogP contribution in [0.25, 0.3) is 5.69 Å². The predicted molar refractivity (Wildman–Crippen MR) is 85.5 cm³/mol. The van der Waals surface area contributed by atoms with E-state index in [2.05, 4.69) is 10.2 Å². The van der Waals surface area contributed by atoms with Crippen molar-refractivity contribution in [1.29, 1.82) is 0 Å². The van der Waals surface area contributed by atoms with Crippen LogP contribution >= 0.6 is 11.6 Å². The van der Waals surface area contributed by atoms with Gasteiger partial charge in [0, 0.05) is 24.0 Å². The SMILES string of the molecule is CN(C(=O)c1ccc(-n2cnnc2)cc1)c1ccc(F)c(Cl)c1. The van der Waals surface area contributed by atoms with Crippen molar-refractivity contribution in [2.24, 2.45) is 0 Å². The van der Waals surface area contributed by atoms with E-state index in [4.69, 9.17) is 11.6 Å². The van der Waals surface area contributed by atoms with Crippen molar-refractivity contribution in [3.63, 3.8) is 0 Å². The molecule has 7 heteroatoms. The number of carbonyl (C=O) groups is 1. The Balaban J connectivity index is 1.83. The van der Waals surface area contributed by atoms with Gasteiger partial charge in [0.1, 0.15) is 18.5 Å². The van der Waals surface area contributed by atoms with E-state index in [0.29, 0.717) is 11.3 Å². The summed E-state index contributed by atoms with van der Waals surface area (Å²) in [4.78, 5) is 13.9. The van der Waals surface area contributed by atoms with Crippen LogP contribution in [-0.2, 0) is 0 Å². The lowest BCUT2D eigenvalue weighted by Crippen LogP contribution is -2.26. The summed E-state index contributed by atoms with van der Waals surface area (Å²) in [6, 6.07) is 11.2. The van der Waals surface area contributed by atoms with E-state index in [0.717, 1.165) is 5.69 Å². The van der Waals surface area contributed by atoms with Crippen LogP contribution in [0.4, 0.5) is 10.1 Å². The van der Waals surface area contributed by atoms with Gasteiger partial charge in [-0.05, 0) is 42.5 Å². The van der Waals surface area contributed by atoms with Gasteiger partial charge >= 0.3 is 0 Å². The highest BCUT2D eigenvalue weighted by Crippen LogP contribution is 2.23. The first-order valence-corrected chi connectivity index (χ1v) is 7.12. The highest BCUT2D eigenvalue weighted by atomic mass is 35.5. The second-order valence-electron chi connectivity index (χ2n) is 4.88. The largest absolute Gasteiger partial charge is 0.311 e. The molecule has 0 atom stereocenters. The van der Waals surface area contributed by atoms with Gasteiger partial charge in [-0.15, -0.1) is 10.2 Å². The zero-order valence-electron chi connectivity index (χ0n) is 12.1. The summed E-state index contributed by atoms with van der Waals surface area (Å²) in [5.41, 5.74) is 1.87. The number of rotatable bonds is 3. The van der Waals surface area contributed by atoms with E-state index in [1.54, 1.807) is 48.5 Å². The highest BCUT2D eigenvalue weighted by molar-refractivity contribution is 6.31. The predicted octanol–water partition coefficient (Wildman–Crippen LogP) is 3.34. The maximum absolute atomic E-state index is 13.2. The maximum Gasteiger partial charge on any atom is 0.258 e. The van der Waals surface area contributed by atoms with Crippen LogP contribution in [0.5, 0.6) is 0 Å². The average Bonchev–Trinajstić information content (AvgIpc) is 3.11. The van der Waals surface area contributed by atoms with Crippen molar-refractivity contribution in [1.82, 2.24) is 14.8 Å². The van der Waals surface area contributed by atoms with Gasteiger partial charge in [-0.25, -0.2) is 4.39 Å². The normalized spacial score (nSPS) is 10.6. The van der Waals surface area contributed by atoms with E-state index < -0.39 is 5.82 Å². The van der Waals surface area contributed by atoms with Gasteiger partial charge in [0.05, 0.1) is 5.02 Å². The van der Waals surface area contributed by atoms with Crippen LogP contribution in [-0.4, -0.2) is 27.7 Å². The number of anilines is 1. The van der Waals surface area contributed by atoms with Gasteiger partial charge in [0.2, 0.25) is 0 Å². The summed E-state index contributed by atoms with van der Waals surface area (Å²) in [5.74, 6) is -0.738.